The highest BCUT2D eigenvalue weighted by atomic mass is 19.4. The lowest BCUT2D eigenvalue weighted by molar-refractivity contribution is -0.274. The number of methoxy groups -OCH3 is 1. The van der Waals surface area contributed by atoms with Gasteiger partial charge >= 0.3 is 6.36 Å². The fraction of sp³-hybridized carbons (Fsp3) is 0.400. The SMILES string of the molecule is COc1cc(C(C)N2CCN(c3ccccc3OC(F)(F)F)CC2)ccc1O. The average Bonchev–Trinajstić information content (AvgIpc) is 2.67. The van der Waals surface area contributed by atoms with Crippen molar-refractivity contribution in [3.8, 4) is 17.2 Å². The Kier molecular flexibility index (Phi) is 5.88. The van der Waals surface area contributed by atoms with E-state index in [0.29, 0.717) is 37.6 Å². The predicted octanol–water partition coefficient (Wildman–Crippen LogP) is 4.18. The Morgan fingerprint density at radius 2 is 1.68 bits per heavy atom. The van der Waals surface area contributed by atoms with Gasteiger partial charge in [-0.25, -0.2) is 0 Å². The number of phenolic OH excluding ortho intramolecular Hbond substituents is 1. The quantitative estimate of drug-likeness (QED) is 0.822. The molecule has 8 heteroatoms. The molecule has 2 aromatic carbocycles. The van der Waals surface area contributed by atoms with Gasteiger partial charge in [0.25, 0.3) is 0 Å². The van der Waals surface area contributed by atoms with Gasteiger partial charge in [0, 0.05) is 32.2 Å². The van der Waals surface area contributed by atoms with Gasteiger partial charge in [-0.2, -0.15) is 0 Å². The first-order valence-electron chi connectivity index (χ1n) is 8.99. The minimum Gasteiger partial charge on any atom is -0.504 e. The third-order valence-electron chi connectivity index (χ3n) is 4.98. The van der Waals surface area contributed by atoms with E-state index in [-0.39, 0.29) is 17.5 Å². The van der Waals surface area contributed by atoms with E-state index in [9.17, 15) is 18.3 Å². The summed E-state index contributed by atoms with van der Waals surface area (Å²) in [5.74, 6) is 0.325. The van der Waals surface area contributed by atoms with E-state index >= 15 is 0 Å². The number of hydrogen-bond acceptors (Lipinski definition) is 5. The van der Waals surface area contributed by atoms with Crippen LogP contribution in [0.1, 0.15) is 18.5 Å². The summed E-state index contributed by atoms with van der Waals surface area (Å²) in [4.78, 5) is 4.15. The van der Waals surface area contributed by atoms with Crippen molar-refractivity contribution in [3.63, 3.8) is 0 Å². The Morgan fingerprint density at radius 3 is 2.32 bits per heavy atom. The lowest BCUT2D eigenvalue weighted by atomic mass is 10.0. The van der Waals surface area contributed by atoms with Crippen LogP contribution in [0.3, 0.4) is 0 Å². The van der Waals surface area contributed by atoms with Crippen molar-refractivity contribution in [2.24, 2.45) is 0 Å². The lowest BCUT2D eigenvalue weighted by Gasteiger charge is -2.39. The second kappa shape index (κ2) is 8.18. The van der Waals surface area contributed by atoms with Crippen molar-refractivity contribution < 1.29 is 27.8 Å². The molecular formula is C20H23F3N2O3. The van der Waals surface area contributed by atoms with Crippen LogP contribution in [-0.2, 0) is 0 Å². The van der Waals surface area contributed by atoms with Crippen molar-refractivity contribution in [3.05, 3.63) is 48.0 Å². The van der Waals surface area contributed by atoms with Crippen molar-refractivity contribution >= 4 is 5.69 Å². The number of phenols is 1. The Balaban J connectivity index is 1.68. The highest BCUT2D eigenvalue weighted by Gasteiger charge is 2.33. The summed E-state index contributed by atoms with van der Waals surface area (Å²) in [6.45, 7) is 4.59. The van der Waals surface area contributed by atoms with Crippen LogP contribution >= 0.6 is 0 Å². The average molecular weight is 396 g/mol. The van der Waals surface area contributed by atoms with Gasteiger partial charge in [0.1, 0.15) is 0 Å². The molecule has 1 saturated heterocycles. The van der Waals surface area contributed by atoms with E-state index in [1.54, 1.807) is 24.3 Å². The zero-order chi connectivity index (χ0) is 20.3. The second-order valence-corrected chi connectivity index (χ2v) is 6.65. The van der Waals surface area contributed by atoms with Crippen LogP contribution in [0.15, 0.2) is 42.5 Å². The minimum atomic E-state index is -4.72. The van der Waals surface area contributed by atoms with E-state index < -0.39 is 6.36 Å². The maximum absolute atomic E-state index is 12.7. The number of halogens is 3. The Bertz CT molecular complexity index is 806. The van der Waals surface area contributed by atoms with E-state index in [1.807, 2.05) is 11.0 Å². The molecule has 0 radical (unpaired) electrons. The normalized spacial score (nSPS) is 16.7. The van der Waals surface area contributed by atoms with Gasteiger partial charge in [0.05, 0.1) is 12.8 Å². The maximum Gasteiger partial charge on any atom is 0.573 e. The molecule has 28 heavy (non-hydrogen) atoms. The van der Waals surface area contributed by atoms with Crippen LogP contribution in [0.5, 0.6) is 17.2 Å². The molecule has 0 spiro atoms. The van der Waals surface area contributed by atoms with Gasteiger partial charge < -0.3 is 19.5 Å². The molecule has 1 N–H and O–H groups in total. The van der Waals surface area contributed by atoms with Gasteiger partial charge in [-0.3, -0.25) is 4.90 Å². The number of piperazine rings is 1. The monoisotopic (exact) mass is 396 g/mol. The number of ether oxygens (including phenoxy) is 2. The molecule has 152 valence electrons. The van der Waals surface area contributed by atoms with Crippen LogP contribution < -0.4 is 14.4 Å². The first-order valence-corrected chi connectivity index (χ1v) is 8.99. The molecule has 0 bridgehead atoms. The van der Waals surface area contributed by atoms with Crippen molar-refractivity contribution in [2.75, 3.05) is 38.2 Å². The van der Waals surface area contributed by atoms with E-state index in [1.165, 1.54) is 19.2 Å². The highest BCUT2D eigenvalue weighted by molar-refractivity contribution is 5.58. The smallest absolute Gasteiger partial charge is 0.504 e. The van der Waals surface area contributed by atoms with Gasteiger partial charge in [-0.15, -0.1) is 13.2 Å². The summed E-state index contributed by atoms with van der Waals surface area (Å²) in [6.07, 6.45) is -4.72. The molecule has 1 fully saturated rings. The van der Waals surface area contributed by atoms with Crippen LogP contribution in [0, 0.1) is 0 Å². The molecule has 0 saturated carbocycles. The summed E-state index contributed by atoms with van der Waals surface area (Å²) in [5, 5.41) is 9.76. The van der Waals surface area contributed by atoms with Crippen molar-refractivity contribution in [1.29, 1.82) is 0 Å². The standard InChI is InChI=1S/C20H23F3N2O3/c1-14(15-7-8-17(26)19(13-15)27-2)24-9-11-25(12-10-24)16-5-3-4-6-18(16)28-20(21,22)23/h3-8,13-14,26H,9-12H2,1-2H3. The van der Waals surface area contributed by atoms with E-state index in [0.717, 1.165) is 5.56 Å². The summed E-state index contributed by atoms with van der Waals surface area (Å²) in [5.41, 5.74) is 1.45. The number of benzene rings is 2. The number of rotatable bonds is 5. The number of alkyl halides is 3. The number of nitrogens with zero attached hydrogens (tertiary/aromatic N) is 2. The Labute approximate surface area is 161 Å². The molecule has 0 aromatic heterocycles. The molecule has 1 atom stereocenters. The van der Waals surface area contributed by atoms with Crippen molar-refractivity contribution in [1.82, 2.24) is 4.90 Å². The molecule has 1 aliphatic rings. The molecule has 5 nitrogen and oxygen atoms in total. The van der Waals surface area contributed by atoms with Crippen molar-refractivity contribution in [2.45, 2.75) is 19.3 Å². The van der Waals surface area contributed by atoms with Crippen LogP contribution in [-0.4, -0.2) is 49.7 Å². The zero-order valence-corrected chi connectivity index (χ0v) is 15.7. The Morgan fingerprint density at radius 1 is 1.00 bits per heavy atom. The second-order valence-electron chi connectivity index (χ2n) is 6.65. The van der Waals surface area contributed by atoms with Crippen LogP contribution in [0.25, 0.3) is 0 Å². The molecular weight excluding hydrogens is 373 g/mol. The first-order chi connectivity index (χ1) is 13.3. The molecule has 0 amide bonds. The van der Waals surface area contributed by atoms with Gasteiger partial charge in [0.2, 0.25) is 0 Å². The van der Waals surface area contributed by atoms with Crippen LogP contribution in [0.4, 0.5) is 18.9 Å². The molecule has 1 heterocycles. The minimum absolute atomic E-state index is 0.0818. The number of para-hydroxylation sites is 2. The summed E-state index contributed by atoms with van der Waals surface area (Å²) < 4.78 is 47.3. The fourth-order valence-electron chi connectivity index (χ4n) is 3.44. The van der Waals surface area contributed by atoms with Gasteiger partial charge in [-0.1, -0.05) is 18.2 Å². The highest BCUT2D eigenvalue weighted by Crippen LogP contribution is 2.35. The number of anilines is 1. The third kappa shape index (κ3) is 4.62. The zero-order valence-electron chi connectivity index (χ0n) is 15.7. The predicted molar refractivity (Wildman–Crippen MR) is 100.0 cm³/mol. The topological polar surface area (TPSA) is 45.2 Å². The fourth-order valence-corrected chi connectivity index (χ4v) is 3.44. The molecule has 0 aliphatic carbocycles. The third-order valence-corrected chi connectivity index (χ3v) is 4.98. The number of hydrogen-bond donors (Lipinski definition) is 1. The summed E-state index contributed by atoms with van der Waals surface area (Å²) >= 11 is 0. The molecule has 1 aliphatic heterocycles. The molecule has 1 unspecified atom stereocenters. The maximum atomic E-state index is 12.7. The van der Waals surface area contributed by atoms with Gasteiger partial charge in [0.15, 0.2) is 17.2 Å². The van der Waals surface area contributed by atoms with E-state index in [4.69, 9.17) is 4.74 Å². The van der Waals surface area contributed by atoms with E-state index in [2.05, 4.69) is 16.6 Å². The van der Waals surface area contributed by atoms with Crippen LogP contribution in [0.2, 0.25) is 0 Å². The Hall–Kier alpha value is -2.61. The summed E-state index contributed by atoms with van der Waals surface area (Å²) in [6, 6.07) is 11.5. The summed E-state index contributed by atoms with van der Waals surface area (Å²) in [7, 11) is 1.50. The molecule has 2 aromatic rings. The largest absolute Gasteiger partial charge is 0.573 e. The van der Waals surface area contributed by atoms with Gasteiger partial charge in [-0.05, 0) is 36.8 Å². The lowest BCUT2D eigenvalue weighted by Crippen LogP contribution is -2.47. The first kappa shape index (κ1) is 20.1. The number of aromatic hydroxyl groups is 1. The molecule has 3 rings (SSSR count).